The molecule has 175 valence electrons. The summed E-state index contributed by atoms with van der Waals surface area (Å²) in [5.74, 6) is -1.14. The zero-order chi connectivity index (χ0) is 22.8. The summed E-state index contributed by atoms with van der Waals surface area (Å²) < 4.78 is 2.11. The van der Waals surface area contributed by atoms with E-state index in [0.29, 0.717) is 11.1 Å². The number of aromatic nitrogens is 3. The van der Waals surface area contributed by atoms with Gasteiger partial charge >= 0.3 is 17.1 Å². The minimum Gasteiger partial charge on any atom is -0.550 e. The molecule has 0 aliphatic heterocycles. The second kappa shape index (κ2) is 13.7. The molecule has 3 aromatic rings. The van der Waals surface area contributed by atoms with E-state index in [1.54, 1.807) is 6.20 Å². The number of carbonyl (C=O) groups excluding carboxylic acids is 2. The van der Waals surface area contributed by atoms with Crippen molar-refractivity contribution in [1.29, 1.82) is 0 Å². The molecule has 1 aliphatic rings. The van der Waals surface area contributed by atoms with E-state index in [9.17, 15) is 0 Å². The normalized spacial score (nSPS) is 13.0. The molecule has 1 aliphatic carbocycles. The first-order valence-electron chi connectivity index (χ1n) is 9.98. The number of imidazole rings is 1. The Morgan fingerprint density at radius 3 is 2.25 bits per heavy atom. The van der Waals surface area contributed by atoms with Crippen LogP contribution in [-0.2, 0) is 26.7 Å². The number of rotatable bonds is 3. The molecule has 1 fully saturated rings. The Hall–Kier alpha value is -2.61. The van der Waals surface area contributed by atoms with Gasteiger partial charge in [0.25, 0.3) is 0 Å². The average Bonchev–Trinajstić information content (AvgIpc) is 3.07. The molecule has 0 unspecified atom stereocenters. The Balaban J connectivity index is 0.000000497. The zero-order valence-electron chi connectivity index (χ0n) is 17.8. The topological polar surface area (TPSA) is 122 Å². The maximum absolute atomic E-state index is 8.89. The summed E-state index contributed by atoms with van der Waals surface area (Å²) in [7, 11) is 0. The van der Waals surface area contributed by atoms with Crippen molar-refractivity contribution >= 4 is 35.0 Å². The van der Waals surface area contributed by atoms with Gasteiger partial charge in [-0.1, -0.05) is 36.9 Å². The molecule has 3 aromatic heterocycles. The second-order valence-corrected chi connectivity index (χ2v) is 7.50. The third-order valence-electron chi connectivity index (χ3n) is 4.45. The largest absolute Gasteiger partial charge is 2.00 e. The van der Waals surface area contributed by atoms with Gasteiger partial charge in [0.1, 0.15) is 17.2 Å². The van der Waals surface area contributed by atoms with E-state index in [1.807, 2.05) is 36.5 Å². The fourth-order valence-electron chi connectivity index (χ4n) is 3.27. The third kappa shape index (κ3) is 8.86. The van der Waals surface area contributed by atoms with Crippen LogP contribution in [0.1, 0.15) is 46.0 Å². The van der Waals surface area contributed by atoms with Crippen LogP contribution in [0.25, 0.3) is 17.0 Å². The number of carboxylic acid groups (broad SMARTS) is 2. The molecule has 1 radical (unpaired) electrons. The minimum absolute atomic E-state index is 0. The summed E-state index contributed by atoms with van der Waals surface area (Å²) in [5, 5.41) is 22.1. The third-order valence-corrected chi connectivity index (χ3v) is 4.67. The predicted octanol–water partition coefficient (Wildman–Crippen LogP) is 2.30. The Labute approximate surface area is 202 Å². The molecule has 0 aromatic carbocycles. The van der Waals surface area contributed by atoms with E-state index in [2.05, 4.69) is 14.7 Å². The second-order valence-electron chi connectivity index (χ2n) is 7.06. The van der Waals surface area contributed by atoms with Gasteiger partial charge in [-0.05, 0) is 51.0 Å². The van der Waals surface area contributed by atoms with Crippen LogP contribution >= 0.6 is 11.6 Å². The molecule has 0 bridgehead atoms. The van der Waals surface area contributed by atoms with E-state index in [1.165, 1.54) is 32.1 Å². The molecule has 3 heterocycles. The minimum atomic E-state index is -1.08. The van der Waals surface area contributed by atoms with Crippen molar-refractivity contribution in [3.63, 3.8) is 0 Å². The number of carboxylic acids is 2. The Bertz CT molecular complexity index is 985. The number of nitrogens with one attached hydrogen (secondary N) is 1. The van der Waals surface area contributed by atoms with E-state index in [4.69, 9.17) is 36.4 Å². The van der Waals surface area contributed by atoms with Gasteiger partial charge in [0, 0.05) is 30.4 Å². The van der Waals surface area contributed by atoms with Crippen LogP contribution in [0.4, 0.5) is 5.82 Å². The monoisotopic (exact) mass is 507 g/mol. The zero-order valence-corrected chi connectivity index (χ0v) is 19.5. The van der Waals surface area contributed by atoms with Crippen LogP contribution in [-0.4, -0.2) is 32.3 Å². The van der Waals surface area contributed by atoms with Crippen LogP contribution in [0.5, 0.6) is 0 Å². The standard InChI is InChI=1S/C18H19ClN4.2C2H4O2.Cu/c19-13-9-10-15(20-12-13)17-18(21-14-6-2-1-3-7-14)23-11-5-4-8-16(23)22-17;2*1-2(3)4;/h4-5,8-12,14,21H,1-3,6-7H2;2*1H3,(H,3,4);/q;;;+2/p-2. The van der Waals surface area contributed by atoms with Gasteiger partial charge < -0.3 is 25.1 Å². The Morgan fingerprint density at radius 1 is 1.06 bits per heavy atom. The van der Waals surface area contributed by atoms with Gasteiger partial charge in [-0.3, -0.25) is 9.38 Å². The van der Waals surface area contributed by atoms with Crippen molar-refractivity contribution in [2.24, 2.45) is 0 Å². The Kier molecular flexibility index (Phi) is 11.8. The first-order chi connectivity index (χ1) is 14.8. The van der Waals surface area contributed by atoms with Crippen LogP contribution < -0.4 is 15.5 Å². The van der Waals surface area contributed by atoms with Crippen molar-refractivity contribution in [2.45, 2.75) is 52.0 Å². The molecule has 1 N–H and O–H groups in total. The summed E-state index contributed by atoms with van der Waals surface area (Å²) in [6, 6.07) is 10.3. The summed E-state index contributed by atoms with van der Waals surface area (Å²) in [5.41, 5.74) is 2.66. The number of aliphatic carboxylic acids is 2. The quantitative estimate of drug-likeness (QED) is 0.539. The molecule has 10 heteroatoms. The average molecular weight is 508 g/mol. The number of nitrogens with zero attached hydrogens (tertiary/aromatic N) is 3. The van der Waals surface area contributed by atoms with Crippen molar-refractivity contribution in [3.05, 3.63) is 47.7 Å². The van der Waals surface area contributed by atoms with Crippen molar-refractivity contribution in [2.75, 3.05) is 5.32 Å². The van der Waals surface area contributed by atoms with Crippen LogP contribution in [0.2, 0.25) is 5.02 Å². The van der Waals surface area contributed by atoms with E-state index in [0.717, 1.165) is 36.7 Å². The molecule has 8 nitrogen and oxygen atoms in total. The number of carbonyl (C=O) groups is 2. The molecule has 0 amide bonds. The predicted molar refractivity (Wildman–Crippen MR) is 115 cm³/mol. The summed E-state index contributed by atoms with van der Waals surface area (Å²) in [6.45, 7) is 1.94. The molecule has 0 atom stereocenters. The number of halogens is 1. The van der Waals surface area contributed by atoms with Gasteiger partial charge in [-0.15, -0.1) is 0 Å². The molecule has 0 spiro atoms. The number of hydrogen-bond acceptors (Lipinski definition) is 7. The van der Waals surface area contributed by atoms with Gasteiger partial charge in [-0.2, -0.15) is 0 Å². The maximum Gasteiger partial charge on any atom is 2.00 e. The smallest absolute Gasteiger partial charge is 0.550 e. The molecular formula is C22H25ClCuN4O4. The summed E-state index contributed by atoms with van der Waals surface area (Å²) >= 11 is 5.97. The van der Waals surface area contributed by atoms with E-state index in [-0.39, 0.29) is 17.1 Å². The number of hydrogen-bond donors (Lipinski definition) is 1. The maximum atomic E-state index is 8.89. The fourth-order valence-corrected chi connectivity index (χ4v) is 3.38. The van der Waals surface area contributed by atoms with Crippen molar-refractivity contribution in [3.8, 4) is 11.4 Å². The van der Waals surface area contributed by atoms with Gasteiger partial charge in [-0.25, -0.2) is 4.98 Å². The molecular weight excluding hydrogens is 483 g/mol. The first kappa shape index (κ1) is 27.4. The molecule has 1 saturated carbocycles. The van der Waals surface area contributed by atoms with Crippen LogP contribution in [0, 0.1) is 0 Å². The van der Waals surface area contributed by atoms with E-state index >= 15 is 0 Å². The van der Waals surface area contributed by atoms with Crippen molar-refractivity contribution < 1.29 is 36.9 Å². The number of pyridine rings is 2. The molecule has 4 rings (SSSR count). The number of anilines is 1. The van der Waals surface area contributed by atoms with Crippen molar-refractivity contribution in [1.82, 2.24) is 14.4 Å². The molecule has 0 saturated heterocycles. The van der Waals surface area contributed by atoms with Gasteiger partial charge in [0.05, 0.1) is 10.7 Å². The first-order valence-corrected chi connectivity index (χ1v) is 10.4. The SMILES string of the molecule is CC(=O)[O-].CC(=O)[O-].Clc1ccc(-c2nc3ccccn3c2NC2CCCCC2)nc1.[Cu+2]. The van der Waals surface area contributed by atoms with Gasteiger partial charge in [0.15, 0.2) is 0 Å². The number of fused-ring (bicyclic) bond motifs is 1. The van der Waals surface area contributed by atoms with E-state index < -0.39 is 11.9 Å². The molecule has 32 heavy (non-hydrogen) atoms. The van der Waals surface area contributed by atoms with Crippen LogP contribution in [0.15, 0.2) is 42.7 Å². The Morgan fingerprint density at radius 2 is 1.69 bits per heavy atom. The van der Waals surface area contributed by atoms with Crippen LogP contribution in [0.3, 0.4) is 0 Å². The summed E-state index contributed by atoms with van der Waals surface area (Å²) in [4.78, 5) is 27.0. The van der Waals surface area contributed by atoms with Gasteiger partial charge in [0.2, 0.25) is 0 Å². The summed E-state index contributed by atoms with van der Waals surface area (Å²) in [6.07, 6.45) is 10.1. The fraction of sp³-hybridized carbons (Fsp3) is 0.364.